The molecule has 4 heteroatoms. The van der Waals surface area contributed by atoms with E-state index in [0.29, 0.717) is 11.1 Å². The molecule has 108 valence electrons. The van der Waals surface area contributed by atoms with E-state index in [-0.39, 0.29) is 0 Å². The number of nitrogens with zero attached hydrogens (tertiary/aromatic N) is 2. The molecule has 2 heterocycles. The molecular weight excluding hydrogens is 284 g/mol. The van der Waals surface area contributed by atoms with Crippen LogP contribution in [0.4, 0.5) is 0 Å². The Balaban J connectivity index is 1.74. The largest absolute Gasteiger partial charge is 0.493 e. The number of hydrogen-bond acceptors (Lipinski definition) is 3. The Hall–Kier alpha value is -1.61. The lowest BCUT2D eigenvalue weighted by atomic mass is 10.0. The lowest BCUT2D eigenvalue weighted by Crippen LogP contribution is -2.00. The molecule has 0 saturated heterocycles. The van der Waals surface area contributed by atoms with Crippen LogP contribution >= 0.6 is 11.6 Å². The topological polar surface area (TPSA) is 35.0 Å². The van der Waals surface area contributed by atoms with Crippen LogP contribution in [0.3, 0.4) is 0 Å². The number of rotatable bonds is 2. The van der Waals surface area contributed by atoms with Gasteiger partial charge in [0.15, 0.2) is 5.82 Å². The molecule has 3 nitrogen and oxygen atoms in total. The van der Waals surface area contributed by atoms with Gasteiger partial charge in [-0.1, -0.05) is 24.4 Å². The molecule has 21 heavy (non-hydrogen) atoms. The normalized spacial score (nSPS) is 17.8. The molecule has 1 aromatic carbocycles. The molecule has 2 aliphatic rings. The average molecular weight is 301 g/mol. The fourth-order valence-electron chi connectivity index (χ4n) is 3.32. The lowest BCUT2D eigenvalue weighted by Gasteiger charge is -2.11. The fraction of sp³-hybridized carbons (Fsp3) is 0.412. The quantitative estimate of drug-likeness (QED) is 0.772. The van der Waals surface area contributed by atoms with Crippen molar-refractivity contribution in [1.29, 1.82) is 0 Å². The Bertz CT molecular complexity index is 680. The summed E-state index contributed by atoms with van der Waals surface area (Å²) < 4.78 is 5.55. The third kappa shape index (κ3) is 2.51. The van der Waals surface area contributed by atoms with Gasteiger partial charge < -0.3 is 4.74 Å². The van der Waals surface area contributed by atoms with Gasteiger partial charge in [0.05, 0.1) is 6.61 Å². The van der Waals surface area contributed by atoms with Crippen LogP contribution in [0.15, 0.2) is 24.3 Å². The zero-order chi connectivity index (χ0) is 14.2. The Kier molecular flexibility index (Phi) is 3.30. The van der Waals surface area contributed by atoms with Crippen LogP contribution in [-0.4, -0.2) is 16.6 Å². The number of halogens is 1. The van der Waals surface area contributed by atoms with Crippen LogP contribution in [0.1, 0.15) is 42.9 Å². The molecule has 4 rings (SSSR count). The van der Waals surface area contributed by atoms with Crippen molar-refractivity contribution in [3.05, 3.63) is 40.7 Å². The van der Waals surface area contributed by atoms with E-state index in [2.05, 4.69) is 11.1 Å². The SMILES string of the molecule is Clc1cc(C2CCCC2)nc(-c2ccc3c(c2)CCO3)n1. The number of ether oxygens (including phenoxy) is 1. The predicted octanol–water partition coefficient (Wildman–Crippen LogP) is 4.39. The van der Waals surface area contributed by atoms with Gasteiger partial charge in [0.2, 0.25) is 0 Å². The molecule has 1 saturated carbocycles. The van der Waals surface area contributed by atoms with E-state index in [1.807, 2.05) is 18.2 Å². The minimum Gasteiger partial charge on any atom is -0.493 e. The summed E-state index contributed by atoms with van der Waals surface area (Å²) in [5.41, 5.74) is 3.36. The van der Waals surface area contributed by atoms with E-state index >= 15 is 0 Å². The van der Waals surface area contributed by atoms with Crippen molar-refractivity contribution in [1.82, 2.24) is 9.97 Å². The maximum Gasteiger partial charge on any atom is 0.161 e. The number of fused-ring (bicyclic) bond motifs is 1. The summed E-state index contributed by atoms with van der Waals surface area (Å²) in [6.45, 7) is 0.766. The molecule has 1 aromatic heterocycles. The van der Waals surface area contributed by atoms with E-state index < -0.39 is 0 Å². The number of hydrogen-bond donors (Lipinski definition) is 0. The molecular formula is C17H17ClN2O. The molecule has 1 aliphatic carbocycles. The molecule has 0 unspecified atom stereocenters. The predicted molar refractivity (Wildman–Crippen MR) is 82.9 cm³/mol. The first-order chi connectivity index (χ1) is 10.3. The second-order valence-electron chi connectivity index (χ2n) is 5.84. The van der Waals surface area contributed by atoms with Crippen LogP contribution in [-0.2, 0) is 6.42 Å². The zero-order valence-corrected chi connectivity index (χ0v) is 12.6. The average Bonchev–Trinajstić information content (AvgIpc) is 3.17. The van der Waals surface area contributed by atoms with Gasteiger partial charge in [0.1, 0.15) is 10.9 Å². The summed E-state index contributed by atoms with van der Waals surface area (Å²) in [5, 5.41) is 0.540. The Labute approximate surface area is 129 Å². The summed E-state index contributed by atoms with van der Waals surface area (Å²) >= 11 is 6.22. The van der Waals surface area contributed by atoms with E-state index in [0.717, 1.165) is 35.9 Å². The fourth-order valence-corrected chi connectivity index (χ4v) is 3.51. The van der Waals surface area contributed by atoms with Crippen molar-refractivity contribution in [2.24, 2.45) is 0 Å². The third-order valence-electron chi connectivity index (χ3n) is 4.44. The summed E-state index contributed by atoms with van der Waals surface area (Å²) in [4.78, 5) is 9.19. The molecule has 0 radical (unpaired) electrons. The maximum absolute atomic E-state index is 6.22. The summed E-state index contributed by atoms with van der Waals surface area (Å²) in [6, 6.07) is 8.09. The van der Waals surface area contributed by atoms with Crippen LogP contribution in [0.5, 0.6) is 5.75 Å². The van der Waals surface area contributed by atoms with E-state index in [9.17, 15) is 0 Å². The molecule has 1 aliphatic heterocycles. The molecule has 0 N–H and O–H groups in total. The van der Waals surface area contributed by atoms with Gasteiger partial charge in [-0.3, -0.25) is 0 Å². The maximum atomic E-state index is 6.22. The van der Waals surface area contributed by atoms with Crippen LogP contribution in [0, 0.1) is 0 Å². The Morgan fingerprint density at radius 1 is 1.10 bits per heavy atom. The van der Waals surface area contributed by atoms with Crippen molar-refractivity contribution in [2.75, 3.05) is 6.61 Å². The lowest BCUT2D eigenvalue weighted by molar-refractivity contribution is 0.357. The van der Waals surface area contributed by atoms with Crippen LogP contribution in [0.25, 0.3) is 11.4 Å². The smallest absolute Gasteiger partial charge is 0.161 e. The van der Waals surface area contributed by atoms with Crippen molar-refractivity contribution in [3.63, 3.8) is 0 Å². The minimum absolute atomic E-state index is 0.540. The van der Waals surface area contributed by atoms with E-state index in [4.69, 9.17) is 21.3 Å². The third-order valence-corrected chi connectivity index (χ3v) is 4.63. The molecule has 2 aromatic rings. The highest BCUT2D eigenvalue weighted by Crippen LogP contribution is 2.35. The second-order valence-corrected chi connectivity index (χ2v) is 6.23. The molecule has 0 atom stereocenters. The highest BCUT2D eigenvalue weighted by Gasteiger charge is 2.20. The summed E-state index contributed by atoms with van der Waals surface area (Å²) in [6.07, 6.45) is 5.96. The van der Waals surface area contributed by atoms with Gasteiger partial charge in [0.25, 0.3) is 0 Å². The van der Waals surface area contributed by atoms with Gasteiger partial charge in [-0.25, -0.2) is 9.97 Å². The van der Waals surface area contributed by atoms with Crippen LogP contribution in [0.2, 0.25) is 5.15 Å². The van der Waals surface area contributed by atoms with Gasteiger partial charge in [0, 0.05) is 23.6 Å². The zero-order valence-electron chi connectivity index (χ0n) is 11.8. The first kappa shape index (κ1) is 13.1. The van der Waals surface area contributed by atoms with E-state index in [1.165, 1.54) is 31.2 Å². The monoisotopic (exact) mass is 300 g/mol. The first-order valence-electron chi connectivity index (χ1n) is 7.60. The summed E-state index contributed by atoms with van der Waals surface area (Å²) in [5.74, 6) is 2.26. The molecule has 1 fully saturated rings. The molecule has 0 amide bonds. The highest BCUT2D eigenvalue weighted by atomic mass is 35.5. The van der Waals surface area contributed by atoms with Gasteiger partial charge in [-0.05, 0) is 42.7 Å². The second kappa shape index (κ2) is 5.30. The molecule has 0 bridgehead atoms. The van der Waals surface area contributed by atoms with Crippen molar-refractivity contribution < 1.29 is 4.74 Å². The Morgan fingerprint density at radius 2 is 1.95 bits per heavy atom. The van der Waals surface area contributed by atoms with Gasteiger partial charge in [-0.2, -0.15) is 0 Å². The van der Waals surface area contributed by atoms with E-state index in [1.54, 1.807) is 0 Å². The van der Waals surface area contributed by atoms with Gasteiger partial charge in [-0.15, -0.1) is 0 Å². The van der Waals surface area contributed by atoms with Crippen LogP contribution < -0.4 is 4.74 Å². The number of benzene rings is 1. The minimum atomic E-state index is 0.540. The van der Waals surface area contributed by atoms with Gasteiger partial charge >= 0.3 is 0 Å². The first-order valence-corrected chi connectivity index (χ1v) is 7.98. The summed E-state index contributed by atoms with van der Waals surface area (Å²) in [7, 11) is 0. The standard InChI is InChI=1S/C17H17ClN2O/c18-16-10-14(11-3-1-2-4-11)19-17(20-16)13-5-6-15-12(9-13)7-8-21-15/h5-6,9-11H,1-4,7-8H2. The van der Waals surface area contributed by atoms with Crippen molar-refractivity contribution in [3.8, 4) is 17.1 Å². The molecule has 0 spiro atoms. The van der Waals surface area contributed by atoms with Crippen molar-refractivity contribution in [2.45, 2.75) is 38.0 Å². The highest BCUT2D eigenvalue weighted by molar-refractivity contribution is 6.29. The number of aromatic nitrogens is 2. The Morgan fingerprint density at radius 3 is 2.81 bits per heavy atom. The van der Waals surface area contributed by atoms with Crippen molar-refractivity contribution >= 4 is 11.6 Å².